The van der Waals surface area contributed by atoms with Gasteiger partial charge in [-0.2, -0.15) is 8.78 Å². The first-order valence-corrected chi connectivity index (χ1v) is 6.96. The van der Waals surface area contributed by atoms with Gasteiger partial charge in [0.05, 0.1) is 6.54 Å². The number of aryl methyl sites for hydroxylation is 1. The highest BCUT2D eigenvalue weighted by Gasteiger charge is 2.12. The average molecular weight is 321 g/mol. The monoisotopic (exact) mass is 321 g/mol. The smallest absolute Gasteiger partial charge is 0.387 e. The fraction of sp³-hybridized carbons (Fsp3) is 0.176. The second-order valence-corrected chi connectivity index (χ2v) is 5.29. The van der Waals surface area contributed by atoms with Gasteiger partial charge in [0.1, 0.15) is 11.6 Å². The second kappa shape index (κ2) is 5.87. The first-order valence-electron chi connectivity index (χ1n) is 6.96. The Morgan fingerprint density at radius 2 is 1.87 bits per heavy atom. The SMILES string of the molecule is Cc1cc(F)cc2cn(Cc3ccc(OC(F)F)cc3)c(O)c12. The molecule has 3 rings (SSSR count). The molecule has 1 aromatic heterocycles. The molecule has 1 N–H and O–H groups in total. The molecule has 0 fully saturated rings. The molecule has 0 aliphatic carbocycles. The van der Waals surface area contributed by atoms with Gasteiger partial charge in [0.25, 0.3) is 0 Å². The van der Waals surface area contributed by atoms with Crippen molar-refractivity contribution >= 4 is 10.8 Å². The highest BCUT2D eigenvalue weighted by atomic mass is 19.3. The number of aromatic hydroxyl groups is 1. The van der Waals surface area contributed by atoms with Crippen molar-refractivity contribution in [2.75, 3.05) is 0 Å². The number of fused-ring (bicyclic) bond motifs is 1. The average Bonchev–Trinajstić information content (AvgIpc) is 2.76. The van der Waals surface area contributed by atoms with Crippen LogP contribution in [0, 0.1) is 12.7 Å². The molecule has 0 spiro atoms. The van der Waals surface area contributed by atoms with Crippen molar-refractivity contribution in [1.82, 2.24) is 4.57 Å². The number of nitrogens with zero attached hydrogens (tertiary/aromatic N) is 1. The zero-order valence-electron chi connectivity index (χ0n) is 12.3. The van der Waals surface area contributed by atoms with Gasteiger partial charge < -0.3 is 14.4 Å². The fourth-order valence-electron chi connectivity index (χ4n) is 2.64. The predicted octanol–water partition coefficient (Wildman–Crippen LogP) is 4.44. The van der Waals surface area contributed by atoms with Crippen LogP contribution in [0.15, 0.2) is 42.6 Å². The van der Waals surface area contributed by atoms with Crippen LogP contribution in [0.2, 0.25) is 0 Å². The minimum absolute atomic E-state index is 0.0467. The minimum Gasteiger partial charge on any atom is -0.494 e. The molecule has 1 heterocycles. The highest BCUT2D eigenvalue weighted by molar-refractivity contribution is 5.90. The van der Waals surface area contributed by atoms with Crippen molar-refractivity contribution < 1.29 is 23.0 Å². The van der Waals surface area contributed by atoms with Crippen molar-refractivity contribution in [1.29, 1.82) is 0 Å². The first-order chi connectivity index (χ1) is 10.9. The normalized spacial score (nSPS) is 11.3. The molecule has 0 bridgehead atoms. The van der Waals surface area contributed by atoms with Gasteiger partial charge in [-0.15, -0.1) is 0 Å². The molecular weight excluding hydrogens is 307 g/mol. The number of hydrogen-bond donors (Lipinski definition) is 1. The Morgan fingerprint density at radius 3 is 2.52 bits per heavy atom. The van der Waals surface area contributed by atoms with Gasteiger partial charge in [-0.3, -0.25) is 0 Å². The van der Waals surface area contributed by atoms with E-state index in [2.05, 4.69) is 4.74 Å². The van der Waals surface area contributed by atoms with Crippen LogP contribution in [-0.4, -0.2) is 16.3 Å². The lowest BCUT2D eigenvalue weighted by Crippen LogP contribution is -2.02. The van der Waals surface area contributed by atoms with Crippen LogP contribution < -0.4 is 4.74 Å². The molecule has 3 nitrogen and oxygen atoms in total. The Hall–Kier alpha value is -2.63. The van der Waals surface area contributed by atoms with Crippen molar-refractivity contribution in [2.45, 2.75) is 20.1 Å². The van der Waals surface area contributed by atoms with Gasteiger partial charge in [-0.1, -0.05) is 12.1 Å². The maximum absolute atomic E-state index is 13.4. The molecular formula is C17H14F3NO2. The summed E-state index contributed by atoms with van der Waals surface area (Å²) < 4.78 is 43.6. The zero-order valence-corrected chi connectivity index (χ0v) is 12.3. The van der Waals surface area contributed by atoms with Crippen LogP contribution >= 0.6 is 0 Å². The third kappa shape index (κ3) is 3.11. The topological polar surface area (TPSA) is 34.4 Å². The maximum Gasteiger partial charge on any atom is 0.387 e. The molecule has 6 heteroatoms. The van der Waals surface area contributed by atoms with Crippen molar-refractivity contribution in [3.05, 3.63) is 59.5 Å². The molecule has 120 valence electrons. The third-order valence-corrected chi connectivity index (χ3v) is 3.62. The number of rotatable bonds is 4. The molecule has 0 atom stereocenters. The van der Waals surface area contributed by atoms with Gasteiger partial charge in [0.2, 0.25) is 0 Å². The highest BCUT2D eigenvalue weighted by Crippen LogP contribution is 2.31. The van der Waals surface area contributed by atoms with Crippen molar-refractivity contribution in [3.63, 3.8) is 0 Å². The maximum atomic E-state index is 13.4. The summed E-state index contributed by atoms with van der Waals surface area (Å²) >= 11 is 0. The Labute approximate surface area is 130 Å². The van der Waals surface area contributed by atoms with Crippen LogP contribution in [0.5, 0.6) is 11.6 Å². The molecule has 3 aromatic rings. The number of hydrogen-bond acceptors (Lipinski definition) is 2. The summed E-state index contributed by atoms with van der Waals surface area (Å²) in [6.45, 7) is -0.805. The van der Waals surface area contributed by atoms with Gasteiger partial charge >= 0.3 is 6.61 Å². The second-order valence-electron chi connectivity index (χ2n) is 5.29. The lowest BCUT2D eigenvalue weighted by atomic mass is 10.1. The van der Waals surface area contributed by atoms with E-state index in [1.165, 1.54) is 24.3 Å². The van der Waals surface area contributed by atoms with E-state index in [0.29, 0.717) is 22.9 Å². The van der Waals surface area contributed by atoms with Crippen molar-refractivity contribution in [3.8, 4) is 11.6 Å². The third-order valence-electron chi connectivity index (χ3n) is 3.62. The summed E-state index contributed by atoms with van der Waals surface area (Å²) in [4.78, 5) is 0. The standard InChI is InChI=1S/C17H14F3NO2/c1-10-6-13(18)7-12-9-21(16(22)15(10)12)8-11-2-4-14(5-3-11)23-17(19)20/h2-7,9,17,22H,8H2,1H3. The van der Waals surface area contributed by atoms with Crippen LogP contribution in [0.3, 0.4) is 0 Å². The molecule has 0 amide bonds. The molecule has 0 unspecified atom stereocenters. The molecule has 0 aliphatic rings. The Kier molecular flexibility index (Phi) is 3.90. The molecule has 0 aliphatic heterocycles. The molecule has 23 heavy (non-hydrogen) atoms. The van der Waals surface area contributed by atoms with E-state index in [1.807, 2.05) is 0 Å². The van der Waals surface area contributed by atoms with Crippen molar-refractivity contribution in [2.24, 2.45) is 0 Å². The van der Waals surface area contributed by atoms with Crippen LogP contribution in [-0.2, 0) is 6.54 Å². The Morgan fingerprint density at radius 1 is 1.17 bits per heavy atom. The van der Waals surface area contributed by atoms with E-state index in [-0.39, 0.29) is 17.4 Å². The van der Waals surface area contributed by atoms with Gasteiger partial charge in [-0.25, -0.2) is 4.39 Å². The summed E-state index contributed by atoms with van der Waals surface area (Å²) in [6, 6.07) is 8.87. The molecule has 0 saturated carbocycles. The van der Waals surface area contributed by atoms with Gasteiger partial charge in [0.15, 0.2) is 5.88 Å². The molecule has 0 radical (unpaired) electrons. The van der Waals surface area contributed by atoms with E-state index in [0.717, 1.165) is 5.56 Å². The van der Waals surface area contributed by atoms with Crippen LogP contribution in [0.4, 0.5) is 13.2 Å². The lowest BCUT2D eigenvalue weighted by Gasteiger charge is -2.08. The quantitative estimate of drug-likeness (QED) is 0.770. The van der Waals surface area contributed by atoms with E-state index >= 15 is 0 Å². The van der Waals surface area contributed by atoms with E-state index in [4.69, 9.17) is 0 Å². The number of aromatic nitrogens is 1. The van der Waals surface area contributed by atoms with Gasteiger partial charge in [0, 0.05) is 17.0 Å². The van der Waals surface area contributed by atoms with E-state index in [9.17, 15) is 18.3 Å². The predicted molar refractivity (Wildman–Crippen MR) is 80.5 cm³/mol. The largest absolute Gasteiger partial charge is 0.494 e. The molecule has 2 aromatic carbocycles. The zero-order chi connectivity index (χ0) is 16.6. The number of alkyl halides is 2. The van der Waals surface area contributed by atoms with E-state index in [1.54, 1.807) is 29.8 Å². The summed E-state index contributed by atoms with van der Waals surface area (Å²) in [6.07, 6.45) is 1.66. The number of ether oxygens (including phenoxy) is 1. The number of benzene rings is 2. The van der Waals surface area contributed by atoms with E-state index < -0.39 is 6.61 Å². The van der Waals surface area contributed by atoms with Gasteiger partial charge in [-0.05, 0) is 42.3 Å². The Balaban J connectivity index is 1.89. The summed E-state index contributed by atoms with van der Waals surface area (Å²) in [5, 5.41) is 11.5. The minimum atomic E-state index is -2.86. The van der Waals surface area contributed by atoms with Crippen LogP contribution in [0.1, 0.15) is 11.1 Å². The fourth-order valence-corrected chi connectivity index (χ4v) is 2.64. The summed E-state index contributed by atoms with van der Waals surface area (Å²) in [7, 11) is 0. The summed E-state index contributed by atoms with van der Waals surface area (Å²) in [5.41, 5.74) is 1.44. The number of halogens is 3. The first kappa shape index (κ1) is 15.3. The Bertz CT molecular complexity index is 841. The summed E-state index contributed by atoms with van der Waals surface area (Å²) in [5.74, 6) is -0.241. The molecule has 0 saturated heterocycles. The lowest BCUT2D eigenvalue weighted by molar-refractivity contribution is -0.0498. The van der Waals surface area contributed by atoms with Crippen LogP contribution in [0.25, 0.3) is 10.8 Å².